The Hall–Kier alpha value is -4.26. The van der Waals surface area contributed by atoms with Crippen molar-refractivity contribution >= 4 is 22.4 Å². The Balaban J connectivity index is 1.51. The van der Waals surface area contributed by atoms with Crippen LogP contribution in [0, 0.1) is 19.7 Å². The summed E-state index contributed by atoms with van der Waals surface area (Å²) in [6, 6.07) is 17.8. The van der Waals surface area contributed by atoms with Crippen molar-refractivity contribution in [3.05, 3.63) is 94.3 Å². The molecule has 0 bridgehead atoms. The molecule has 164 valence electrons. The van der Waals surface area contributed by atoms with Crippen molar-refractivity contribution in [2.75, 3.05) is 5.32 Å². The monoisotopic (exact) mass is 439 g/mol. The van der Waals surface area contributed by atoms with Crippen LogP contribution in [0.4, 0.5) is 15.9 Å². The summed E-state index contributed by atoms with van der Waals surface area (Å²) < 4.78 is 14.9. The van der Waals surface area contributed by atoms with Crippen molar-refractivity contribution in [1.29, 1.82) is 0 Å². The van der Waals surface area contributed by atoms with Gasteiger partial charge in [-0.15, -0.1) is 0 Å². The molecule has 0 spiro atoms. The zero-order valence-corrected chi connectivity index (χ0v) is 18.5. The van der Waals surface area contributed by atoms with Crippen LogP contribution in [0.2, 0.25) is 0 Å². The van der Waals surface area contributed by atoms with Gasteiger partial charge in [-0.05, 0) is 79.1 Å². The molecule has 0 saturated heterocycles. The molecule has 0 fully saturated rings. The second kappa shape index (κ2) is 8.02. The fraction of sp³-hybridized carbons (Fsp3) is 0.115. The molecule has 0 saturated carbocycles. The van der Waals surface area contributed by atoms with Crippen LogP contribution in [0.3, 0.4) is 0 Å². The summed E-state index contributed by atoms with van der Waals surface area (Å²) in [7, 11) is 1.78. The first-order valence-corrected chi connectivity index (χ1v) is 10.5. The van der Waals surface area contributed by atoms with E-state index >= 15 is 0 Å². The molecule has 2 aromatic carbocycles. The molecule has 0 radical (unpaired) electrons. The highest BCUT2D eigenvalue weighted by Gasteiger charge is 2.13. The van der Waals surface area contributed by atoms with Gasteiger partial charge in [-0.2, -0.15) is 5.10 Å². The number of benzene rings is 2. The number of aromatic nitrogens is 4. The lowest BCUT2D eigenvalue weighted by molar-refractivity contribution is 0.628. The van der Waals surface area contributed by atoms with E-state index in [2.05, 4.69) is 20.5 Å². The fourth-order valence-electron chi connectivity index (χ4n) is 3.96. The summed E-state index contributed by atoms with van der Waals surface area (Å²) in [5, 5.41) is 11.5. The molecule has 5 rings (SSSR count). The van der Waals surface area contributed by atoms with Gasteiger partial charge in [0.15, 0.2) is 5.82 Å². The average Bonchev–Trinajstić information content (AvgIpc) is 3.27. The normalized spacial score (nSPS) is 11.2. The first kappa shape index (κ1) is 20.6. The minimum absolute atomic E-state index is 0.0632. The van der Waals surface area contributed by atoms with Crippen molar-refractivity contribution < 1.29 is 4.39 Å². The highest BCUT2D eigenvalue weighted by molar-refractivity contribution is 5.85. The van der Waals surface area contributed by atoms with Crippen LogP contribution in [0.5, 0.6) is 0 Å². The van der Waals surface area contributed by atoms with Crippen LogP contribution in [0.25, 0.3) is 33.3 Å². The van der Waals surface area contributed by atoms with Gasteiger partial charge in [0.1, 0.15) is 5.82 Å². The van der Waals surface area contributed by atoms with Gasteiger partial charge in [-0.1, -0.05) is 6.07 Å². The number of aromatic amines is 1. The maximum atomic E-state index is 13.2. The lowest BCUT2D eigenvalue weighted by Crippen LogP contribution is -2.19. The van der Waals surface area contributed by atoms with E-state index in [1.807, 2.05) is 50.2 Å². The molecule has 0 aliphatic heterocycles. The SMILES string of the molecule is Cc1cc2c(cn1)cc(-c1cc(Nc3cc(-c4ccc(F)cc4)[nH]n3)ccc1C)c(=O)n2C. The van der Waals surface area contributed by atoms with E-state index in [9.17, 15) is 9.18 Å². The average molecular weight is 439 g/mol. The first-order valence-electron chi connectivity index (χ1n) is 10.5. The third kappa shape index (κ3) is 3.89. The quantitative estimate of drug-likeness (QED) is 0.388. The van der Waals surface area contributed by atoms with Crippen molar-refractivity contribution in [3.8, 4) is 22.4 Å². The predicted molar refractivity (Wildman–Crippen MR) is 129 cm³/mol. The molecule has 3 aromatic heterocycles. The number of pyridine rings is 2. The molecule has 6 nitrogen and oxygen atoms in total. The number of hydrogen-bond donors (Lipinski definition) is 2. The maximum absolute atomic E-state index is 13.2. The highest BCUT2D eigenvalue weighted by Crippen LogP contribution is 2.29. The molecule has 0 amide bonds. The Morgan fingerprint density at radius 1 is 0.970 bits per heavy atom. The summed E-state index contributed by atoms with van der Waals surface area (Å²) in [6.07, 6.45) is 1.80. The van der Waals surface area contributed by atoms with Crippen LogP contribution in [0.1, 0.15) is 11.3 Å². The number of H-pyrrole nitrogens is 1. The molecule has 2 N–H and O–H groups in total. The van der Waals surface area contributed by atoms with E-state index in [-0.39, 0.29) is 11.4 Å². The molecule has 0 unspecified atom stereocenters. The first-order chi connectivity index (χ1) is 15.9. The Labute approximate surface area is 189 Å². The van der Waals surface area contributed by atoms with Crippen LogP contribution in [-0.2, 0) is 7.05 Å². The molecule has 33 heavy (non-hydrogen) atoms. The molecule has 0 aliphatic rings. The molecule has 0 aliphatic carbocycles. The minimum Gasteiger partial charge on any atom is -0.339 e. The Morgan fingerprint density at radius 3 is 2.55 bits per heavy atom. The highest BCUT2D eigenvalue weighted by atomic mass is 19.1. The van der Waals surface area contributed by atoms with Gasteiger partial charge in [-0.25, -0.2) is 4.39 Å². The molecule has 5 aromatic rings. The molecular weight excluding hydrogens is 417 g/mol. The summed E-state index contributed by atoms with van der Waals surface area (Å²) in [5.41, 5.74) is 6.53. The van der Waals surface area contributed by atoms with Crippen LogP contribution in [-0.4, -0.2) is 19.7 Å². The van der Waals surface area contributed by atoms with E-state index in [0.717, 1.165) is 44.7 Å². The van der Waals surface area contributed by atoms with E-state index in [1.54, 1.807) is 29.9 Å². The number of halogens is 1. The van der Waals surface area contributed by atoms with Crippen LogP contribution in [0.15, 0.2) is 71.7 Å². The van der Waals surface area contributed by atoms with Crippen molar-refractivity contribution in [2.24, 2.45) is 7.05 Å². The number of rotatable bonds is 4. The molecule has 3 heterocycles. The Morgan fingerprint density at radius 2 is 1.76 bits per heavy atom. The Bertz CT molecular complexity index is 1550. The summed E-state index contributed by atoms with van der Waals surface area (Å²) in [4.78, 5) is 17.6. The number of nitrogens with zero attached hydrogens (tertiary/aromatic N) is 3. The number of hydrogen-bond acceptors (Lipinski definition) is 4. The topological polar surface area (TPSA) is 75.6 Å². The summed E-state index contributed by atoms with van der Waals surface area (Å²) in [5.74, 6) is 0.338. The van der Waals surface area contributed by atoms with Gasteiger partial charge in [0.2, 0.25) is 0 Å². The zero-order valence-electron chi connectivity index (χ0n) is 18.5. The third-order valence-electron chi connectivity index (χ3n) is 5.78. The number of aryl methyl sites for hydroxylation is 3. The largest absolute Gasteiger partial charge is 0.339 e. The second-order valence-electron chi connectivity index (χ2n) is 8.14. The number of anilines is 2. The van der Waals surface area contributed by atoms with Crippen molar-refractivity contribution in [1.82, 2.24) is 19.7 Å². The fourth-order valence-corrected chi connectivity index (χ4v) is 3.96. The third-order valence-corrected chi connectivity index (χ3v) is 5.78. The minimum atomic E-state index is -0.283. The standard InChI is InChI=1S/C26H22FN5O/c1-15-4-9-20(29-25-13-23(30-31-25)17-5-7-19(27)8-6-17)12-21(15)22-11-18-14-28-16(2)10-24(18)32(3)26(22)33/h4-14H,1-3H3,(H2,29,30,31). The van der Waals surface area contributed by atoms with Gasteiger partial charge in [0.05, 0.1) is 11.2 Å². The van der Waals surface area contributed by atoms with E-state index in [0.29, 0.717) is 11.4 Å². The van der Waals surface area contributed by atoms with Gasteiger partial charge in [0, 0.05) is 41.6 Å². The summed E-state index contributed by atoms with van der Waals surface area (Å²) in [6.45, 7) is 3.89. The molecule has 7 heteroatoms. The van der Waals surface area contributed by atoms with Gasteiger partial charge in [-0.3, -0.25) is 14.9 Å². The number of nitrogens with one attached hydrogen (secondary N) is 2. The number of fused-ring (bicyclic) bond motifs is 1. The second-order valence-corrected chi connectivity index (χ2v) is 8.14. The lowest BCUT2D eigenvalue weighted by atomic mass is 9.99. The lowest BCUT2D eigenvalue weighted by Gasteiger charge is -2.13. The predicted octanol–water partition coefficient (Wildman–Crippen LogP) is 5.49. The maximum Gasteiger partial charge on any atom is 0.258 e. The molecule has 0 atom stereocenters. The van der Waals surface area contributed by atoms with Gasteiger partial charge < -0.3 is 9.88 Å². The van der Waals surface area contributed by atoms with Crippen molar-refractivity contribution in [2.45, 2.75) is 13.8 Å². The van der Waals surface area contributed by atoms with E-state index in [4.69, 9.17) is 0 Å². The van der Waals surface area contributed by atoms with E-state index < -0.39 is 0 Å². The summed E-state index contributed by atoms with van der Waals surface area (Å²) >= 11 is 0. The molecular formula is C26H22FN5O. The van der Waals surface area contributed by atoms with Crippen molar-refractivity contribution in [3.63, 3.8) is 0 Å². The Kier molecular flexibility index (Phi) is 5.01. The van der Waals surface area contributed by atoms with Crippen LogP contribution >= 0.6 is 0 Å². The van der Waals surface area contributed by atoms with Crippen LogP contribution < -0.4 is 10.9 Å². The smallest absolute Gasteiger partial charge is 0.258 e. The van der Waals surface area contributed by atoms with Gasteiger partial charge >= 0.3 is 0 Å². The zero-order chi connectivity index (χ0) is 23.1. The van der Waals surface area contributed by atoms with E-state index in [1.165, 1.54) is 12.1 Å². The van der Waals surface area contributed by atoms with Gasteiger partial charge in [0.25, 0.3) is 5.56 Å².